The molecule has 0 radical (unpaired) electrons. The minimum Gasteiger partial charge on any atom is -0.755 e. The number of sulfonamides is 1. The summed E-state index contributed by atoms with van der Waals surface area (Å²) in [5.74, 6) is -0.393. The standard InChI is InChI=1S/C28H38N4O6S2.CH4/c33-27(31-16-13-28(14-17-31)21-32(39(34)35)26-10-5-4-9-24(26)28)25(20-38-19-22-7-2-1-3-8-22)30-40(36,37)18-6-15-29-23-11-12-23;/h1-5,7-10,23,25,29-30H,6,11-21H2,(H,34,35);1H4/p-1/t25-;/m1./s1. The van der Waals surface area contributed by atoms with Crippen molar-refractivity contribution in [2.45, 2.75) is 63.6 Å². The molecule has 41 heavy (non-hydrogen) atoms. The summed E-state index contributed by atoms with van der Waals surface area (Å²) in [6.07, 6.45) is 3.90. The number of rotatable bonds is 13. The van der Waals surface area contributed by atoms with Gasteiger partial charge < -0.3 is 23.8 Å². The maximum Gasteiger partial charge on any atom is 0.243 e. The van der Waals surface area contributed by atoms with E-state index in [9.17, 15) is 22.0 Å². The molecule has 3 aliphatic rings. The number of carbonyl (C=O) groups excluding carboxylic acids is 1. The molecule has 1 spiro atoms. The average Bonchev–Trinajstić information content (AvgIpc) is 3.73. The van der Waals surface area contributed by atoms with Crippen molar-refractivity contribution in [3.05, 3.63) is 65.7 Å². The fourth-order valence-electron chi connectivity index (χ4n) is 5.68. The van der Waals surface area contributed by atoms with Gasteiger partial charge in [0.15, 0.2) is 0 Å². The van der Waals surface area contributed by atoms with Gasteiger partial charge in [0, 0.05) is 42.4 Å². The number of fused-ring (bicyclic) bond motifs is 2. The number of piperidine rings is 1. The molecule has 1 saturated heterocycles. The van der Waals surface area contributed by atoms with Gasteiger partial charge in [0.1, 0.15) is 6.04 Å². The predicted octanol–water partition coefficient (Wildman–Crippen LogP) is 2.44. The van der Waals surface area contributed by atoms with Crippen LogP contribution in [0.15, 0.2) is 54.6 Å². The molecule has 2 N–H and O–H groups in total. The van der Waals surface area contributed by atoms with Crippen molar-refractivity contribution in [3.63, 3.8) is 0 Å². The van der Waals surface area contributed by atoms with Crippen LogP contribution in [0.3, 0.4) is 0 Å². The molecule has 2 aromatic rings. The van der Waals surface area contributed by atoms with E-state index < -0.39 is 27.3 Å². The van der Waals surface area contributed by atoms with Crippen LogP contribution in [-0.2, 0) is 42.8 Å². The Hall–Kier alpha value is -2.35. The molecule has 2 aliphatic heterocycles. The van der Waals surface area contributed by atoms with E-state index in [2.05, 4.69) is 10.0 Å². The van der Waals surface area contributed by atoms with Crippen LogP contribution in [0.2, 0.25) is 0 Å². The van der Waals surface area contributed by atoms with Gasteiger partial charge in [0.2, 0.25) is 15.9 Å². The summed E-state index contributed by atoms with van der Waals surface area (Å²) in [7, 11) is -3.71. The lowest BCUT2D eigenvalue weighted by molar-refractivity contribution is -0.136. The Bertz CT molecular complexity index is 1300. The Morgan fingerprint density at radius 1 is 1.10 bits per heavy atom. The summed E-state index contributed by atoms with van der Waals surface area (Å²) in [6.45, 7) is 1.94. The van der Waals surface area contributed by atoms with Crippen molar-refractivity contribution in [2.75, 3.05) is 42.8 Å². The van der Waals surface area contributed by atoms with E-state index in [1.54, 1.807) is 4.90 Å². The highest BCUT2D eigenvalue weighted by molar-refractivity contribution is 7.89. The average molecular weight is 606 g/mol. The molecule has 2 fully saturated rings. The zero-order chi connectivity index (χ0) is 28.2. The molecule has 2 heterocycles. The molecular formula is C29H41N4O6S2-. The quantitative estimate of drug-likeness (QED) is 0.265. The molecule has 226 valence electrons. The molecule has 10 nitrogen and oxygen atoms in total. The lowest BCUT2D eigenvalue weighted by Crippen LogP contribution is -2.55. The number of likely N-dealkylation sites (tertiary alicyclic amines) is 1. The number of para-hydroxylation sites is 1. The topological polar surface area (TPSA) is 131 Å². The third-order valence-corrected chi connectivity index (χ3v) is 10.2. The van der Waals surface area contributed by atoms with E-state index in [1.807, 2.05) is 54.6 Å². The van der Waals surface area contributed by atoms with Gasteiger partial charge in [-0.05, 0) is 55.8 Å². The molecule has 0 bridgehead atoms. The molecule has 2 atom stereocenters. The van der Waals surface area contributed by atoms with E-state index in [-0.39, 0.29) is 37.7 Å². The van der Waals surface area contributed by atoms with Gasteiger partial charge in [-0.25, -0.2) is 13.1 Å². The zero-order valence-corrected chi connectivity index (χ0v) is 24.1. The maximum absolute atomic E-state index is 13.7. The first kappa shape index (κ1) is 31.6. The van der Waals surface area contributed by atoms with Crippen LogP contribution < -0.4 is 14.3 Å². The summed E-state index contributed by atoms with van der Waals surface area (Å²) in [5, 5.41) is 3.32. The van der Waals surface area contributed by atoms with Crippen molar-refractivity contribution in [1.82, 2.24) is 14.9 Å². The molecule has 1 aliphatic carbocycles. The second-order valence-corrected chi connectivity index (χ2v) is 13.7. The number of ether oxygens (including phenoxy) is 1. The second kappa shape index (κ2) is 13.7. The number of amides is 1. The monoisotopic (exact) mass is 605 g/mol. The van der Waals surface area contributed by atoms with Crippen LogP contribution in [0.4, 0.5) is 5.69 Å². The van der Waals surface area contributed by atoms with Crippen molar-refractivity contribution in [1.29, 1.82) is 0 Å². The molecular weight excluding hydrogens is 564 g/mol. The SMILES string of the molecule is C.O=C([C@@H](COCc1ccccc1)NS(=O)(=O)CCCNC1CC1)N1CCC2(CC1)CN(S(=O)[O-])c1ccccc12. The molecule has 2 aromatic carbocycles. The van der Waals surface area contributed by atoms with Gasteiger partial charge in [-0.3, -0.25) is 9.00 Å². The summed E-state index contributed by atoms with van der Waals surface area (Å²) >= 11 is -2.38. The number of hydrogen-bond donors (Lipinski definition) is 2. The Kier molecular flexibility index (Phi) is 10.6. The molecule has 1 unspecified atom stereocenters. The third kappa shape index (κ3) is 7.94. The minimum absolute atomic E-state index is 0. The van der Waals surface area contributed by atoms with Crippen LogP contribution in [0, 0.1) is 0 Å². The van der Waals surface area contributed by atoms with Gasteiger partial charge in [-0.1, -0.05) is 56.0 Å². The summed E-state index contributed by atoms with van der Waals surface area (Å²) in [5.41, 5.74) is 2.23. The minimum atomic E-state index is -3.71. The number of nitrogens with one attached hydrogen (secondary N) is 2. The van der Waals surface area contributed by atoms with Gasteiger partial charge in [-0.15, -0.1) is 0 Å². The third-order valence-electron chi connectivity index (χ3n) is 8.02. The van der Waals surface area contributed by atoms with Crippen LogP contribution in [0.1, 0.15) is 50.7 Å². The fraction of sp³-hybridized carbons (Fsp3) is 0.552. The lowest BCUT2D eigenvalue weighted by atomic mass is 9.74. The highest BCUT2D eigenvalue weighted by Crippen LogP contribution is 2.47. The predicted molar refractivity (Wildman–Crippen MR) is 159 cm³/mol. The molecule has 12 heteroatoms. The number of hydrogen-bond acceptors (Lipinski definition) is 7. The van der Waals surface area contributed by atoms with Crippen LogP contribution in [-0.4, -0.2) is 78.6 Å². The van der Waals surface area contributed by atoms with Gasteiger partial charge in [0.25, 0.3) is 0 Å². The van der Waals surface area contributed by atoms with Gasteiger partial charge in [-0.2, -0.15) is 0 Å². The number of nitrogens with zero attached hydrogens (tertiary/aromatic N) is 2. The number of carbonyl (C=O) groups is 1. The second-order valence-electron chi connectivity index (χ2n) is 10.9. The zero-order valence-electron chi connectivity index (χ0n) is 22.5. The van der Waals surface area contributed by atoms with Crippen molar-refractivity contribution < 1.29 is 26.7 Å². The first-order valence-corrected chi connectivity index (χ1v) is 16.6. The van der Waals surface area contributed by atoms with E-state index in [0.717, 1.165) is 24.0 Å². The Labute approximate surface area is 246 Å². The highest BCUT2D eigenvalue weighted by atomic mass is 32.2. The normalized spacial score (nSPS) is 19.4. The number of benzene rings is 2. The highest BCUT2D eigenvalue weighted by Gasteiger charge is 2.46. The maximum atomic E-state index is 13.7. The lowest BCUT2D eigenvalue weighted by Gasteiger charge is -2.41. The van der Waals surface area contributed by atoms with E-state index in [4.69, 9.17) is 4.74 Å². The van der Waals surface area contributed by atoms with Crippen LogP contribution >= 0.6 is 0 Å². The Morgan fingerprint density at radius 2 is 1.78 bits per heavy atom. The first-order chi connectivity index (χ1) is 19.3. The van der Waals surface area contributed by atoms with Crippen LogP contribution in [0.25, 0.3) is 0 Å². The molecule has 1 saturated carbocycles. The Balaban J connectivity index is 0.00000387. The van der Waals surface area contributed by atoms with Crippen molar-refractivity contribution >= 4 is 32.9 Å². The van der Waals surface area contributed by atoms with E-state index >= 15 is 0 Å². The van der Waals surface area contributed by atoms with E-state index in [0.29, 0.717) is 57.2 Å². The Morgan fingerprint density at radius 3 is 2.46 bits per heavy atom. The fourth-order valence-corrected chi connectivity index (χ4v) is 7.59. The number of anilines is 1. The molecule has 5 rings (SSSR count). The largest absolute Gasteiger partial charge is 0.755 e. The van der Waals surface area contributed by atoms with Gasteiger partial charge >= 0.3 is 0 Å². The molecule has 0 aromatic heterocycles. The molecule has 1 amide bonds. The summed E-state index contributed by atoms with van der Waals surface area (Å²) in [6, 6.07) is 16.5. The van der Waals surface area contributed by atoms with E-state index in [1.165, 1.54) is 4.31 Å². The summed E-state index contributed by atoms with van der Waals surface area (Å²) < 4.78 is 59.5. The first-order valence-electron chi connectivity index (χ1n) is 13.9. The van der Waals surface area contributed by atoms with Crippen molar-refractivity contribution in [2.24, 2.45) is 0 Å². The smallest absolute Gasteiger partial charge is 0.243 e. The summed E-state index contributed by atoms with van der Waals surface area (Å²) in [4.78, 5) is 15.3. The van der Waals surface area contributed by atoms with Gasteiger partial charge in [0.05, 0.1) is 24.7 Å². The van der Waals surface area contributed by atoms with Crippen LogP contribution in [0.5, 0.6) is 0 Å². The van der Waals surface area contributed by atoms with Crippen molar-refractivity contribution in [3.8, 4) is 0 Å².